The van der Waals surface area contributed by atoms with Crippen LogP contribution >= 0.6 is 0 Å². The number of pyridine rings is 1. The van der Waals surface area contributed by atoms with Crippen molar-refractivity contribution in [2.24, 2.45) is 0 Å². The fourth-order valence-corrected chi connectivity index (χ4v) is 3.04. The summed E-state index contributed by atoms with van der Waals surface area (Å²) >= 11 is 0. The van der Waals surface area contributed by atoms with E-state index in [0.29, 0.717) is 0 Å². The van der Waals surface area contributed by atoms with E-state index in [1.807, 2.05) is 79.4 Å². The molecular weight excluding hydrogens is 310 g/mol. The zero-order valence-corrected chi connectivity index (χ0v) is 14.2. The molecule has 4 rings (SSSR count). The van der Waals surface area contributed by atoms with Gasteiger partial charge < -0.3 is 0 Å². The standard InChI is InChI=1S/C20H19N5/c1-24(2)20(25-19-14-7-6-11-17(19)22-23-25)18-13-8-12-16(21-18)15-9-4-3-5-10-15/h3-14,20H,1-2H3. The maximum atomic E-state index is 4.90. The fraction of sp³-hybridized carbons (Fsp3) is 0.150. The third-order valence-corrected chi connectivity index (χ3v) is 4.20. The molecule has 1 unspecified atom stereocenters. The number of rotatable bonds is 4. The van der Waals surface area contributed by atoms with Crippen molar-refractivity contribution in [3.63, 3.8) is 0 Å². The predicted octanol–water partition coefficient (Wildman–Crippen LogP) is 3.60. The number of para-hydroxylation sites is 1. The van der Waals surface area contributed by atoms with E-state index in [-0.39, 0.29) is 6.17 Å². The van der Waals surface area contributed by atoms with E-state index < -0.39 is 0 Å². The highest BCUT2D eigenvalue weighted by atomic mass is 15.5. The lowest BCUT2D eigenvalue weighted by atomic mass is 10.1. The van der Waals surface area contributed by atoms with Crippen LogP contribution < -0.4 is 0 Å². The van der Waals surface area contributed by atoms with Crippen LogP contribution in [0.25, 0.3) is 22.3 Å². The molecule has 5 nitrogen and oxygen atoms in total. The third-order valence-electron chi connectivity index (χ3n) is 4.20. The second-order valence-electron chi connectivity index (χ2n) is 6.17. The Hall–Kier alpha value is -3.05. The molecule has 4 aromatic rings. The first-order valence-corrected chi connectivity index (χ1v) is 8.23. The highest BCUT2D eigenvalue weighted by Crippen LogP contribution is 2.25. The SMILES string of the molecule is CN(C)C(c1cccc(-c2ccccc2)n1)n1nnc2ccccc21. The number of nitrogens with zero attached hydrogens (tertiary/aromatic N) is 5. The van der Waals surface area contributed by atoms with Crippen LogP contribution in [-0.4, -0.2) is 39.0 Å². The summed E-state index contributed by atoms with van der Waals surface area (Å²) in [4.78, 5) is 6.99. The van der Waals surface area contributed by atoms with E-state index in [4.69, 9.17) is 4.98 Å². The molecule has 5 heteroatoms. The van der Waals surface area contributed by atoms with Crippen LogP contribution in [0, 0.1) is 0 Å². The van der Waals surface area contributed by atoms with Gasteiger partial charge in [-0.05, 0) is 38.4 Å². The van der Waals surface area contributed by atoms with Crippen molar-refractivity contribution in [2.45, 2.75) is 6.17 Å². The highest BCUT2D eigenvalue weighted by molar-refractivity contribution is 5.74. The minimum absolute atomic E-state index is 0.129. The van der Waals surface area contributed by atoms with E-state index in [1.54, 1.807) is 0 Å². The number of hydrogen-bond donors (Lipinski definition) is 0. The van der Waals surface area contributed by atoms with Crippen LogP contribution in [0.5, 0.6) is 0 Å². The van der Waals surface area contributed by atoms with Crippen LogP contribution in [0.15, 0.2) is 72.8 Å². The van der Waals surface area contributed by atoms with Gasteiger partial charge in [0, 0.05) is 5.56 Å². The van der Waals surface area contributed by atoms with Crippen molar-refractivity contribution in [3.05, 3.63) is 78.5 Å². The first kappa shape index (κ1) is 15.5. The Kier molecular flexibility index (Phi) is 3.99. The van der Waals surface area contributed by atoms with Gasteiger partial charge >= 0.3 is 0 Å². The minimum atomic E-state index is -0.129. The van der Waals surface area contributed by atoms with Crippen molar-refractivity contribution >= 4 is 11.0 Å². The molecule has 0 amide bonds. The molecule has 0 fully saturated rings. The Balaban J connectivity index is 1.82. The summed E-state index contributed by atoms with van der Waals surface area (Å²) in [5.41, 5.74) is 4.86. The Morgan fingerprint density at radius 2 is 1.60 bits per heavy atom. The van der Waals surface area contributed by atoms with Gasteiger partial charge in [0.15, 0.2) is 0 Å². The van der Waals surface area contributed by atoms with Gasteiger partial charge in [-0.2, -0.15) is 0 Å². The lowest BCUT2D eigenvalue weighted by Crippen LogP contribution is -2.28. The summed E-state index contributed by atoms with van der Waals surface area (Å²) in [6.45, 7) is 0. The van der Waals surface area contributed by atoms with Crippen molar-refractivity contribution < 1.29 is 0 Å². The van der Waals surface area contributed by atoms with Gasteiger partial charge in [-0.15, -0.1) is 5.10 Å². The molecule has 0 bridgehead atoms. The second-order valence-corrected chi connectivity index (χ2v) is 6.17. The first-order chi connectivity index (χ1) is 12.2. The molecule has 0 saturated heterocycles. The fourth-order valence-electron chi connectivity index (χ4n) is 3.04. The molecule has 2 heterocycles. The van der Waals surface area contributed by atoms with Crippen LogP contribution in [0.4, 0.5) is 0 Å². The Bertz CT molecular complexity index is 991. The molecule has 0 aliphatic rings. The monoisotopic (exact) mass is 329 g/mol. The summed E-state index contributed by atoms with van der Waals surface area (Å²) in [6.07, 6.45) is -0.129. The van der Waals surface area contributed by atoms with E-state index in [2.05, 4.69) is 27.3 Å². The molecule has 2 aromatic carbocycles. The zero-order chi connectivity index (χ0) is 17.2. The largest absolute Gasteiger partial charge is 0.283 e. The lowest BCUT2D eigenvalue weighted by molar-refractivity contribution is 0.240. The molecule has 0 spiro atoms. The summed E-state index contributed by atoms with van der Waals surface area (Å²) in [5, 5.41) is 8.67. The molecule has 25 heavy (non-hydrogen) atoms. The van der Waals surface area contributed by atoms with Crippen molar-refractivity contribution in [1.82, 2.24) is 24.9 Å². The molecule has 0 N–H and O–H groups in total. The van der Waals surface area contributed by atoms with Gasteiger partial charge in [-0.3, -0.25) is 4.90 Å². The number of hydrogen-bond acceptors (Lipinski definition) is 4. The number of benzene rings is 2. The zero-order valence-electron chi connectivity index (χ0n) is 14.2. The summed E-state index contributed by atoms with van der Waals surface area (Å²) in [6, 6.07) is 24.3. The summed E-state index contributed by atoms with van der Waals surface area (Å²) in [5.74, 6) is 0. The van der Waals surface area contributed by atoms with E-state index in [0.717, 1.165) is 28.0 Å². The van der Waals surface area contributed by atoms with Crippen molar-refractivity contribution in [3.8, 4) is 11.3 Å². The van der Waals surface area contributed by atoms with E-state index in [1.165, 1.54) is 0 Å². The van der Waals surface area contributed by atoms with Gasteiger partial charge in [0.25, 0.3) is 0 Å². The number of fused-ring (bicyclic) bond motifs is 1. The molecule has 0 aliphatic heterocycles. The van der Waals surface area contributed by atoms with E-state index in [9.17, 15) is 0 Å². The summed E-state index contributed by atoms with van der Waals surface area (Å²) in [7, 11) is 4.05. The maximum absolute atomic E-state index is 4.90. The maximum Gasteiger partial charge on any atom is 0.149 e. The smallest absolute Gasteiger partial charge is 0.149 e. The van der Waals surface area contributed by atoms with Crippen LogP contribution in [-0.2, 0) is 0 Å². The minimum Gasteiger partial charge on any atom is -0.283 e. The first-order valence-electron chi connectivity index (χ1n) is 8.23. The number of aromatic nitrogens is 4. The van der Waals surface area contributed by atoms with Gasteiger partial charge in [0.1, 0.15) is 11.7 Å². The van der Waals surface area contributed by atoms with Crippen LogP contribution in [0.1, 0.15) is 11.9 Å². The molecule has 124 valence electrons. The third kappa shape index (κ3) is 2.90. The molecule has 2 aromatic heterocycles. The average molecular weight is 329 g/mol. The molecular formula is C20H19N5. The van der Waals surface area contributed by atoms with Crippen molar-refractivity contribution in [2.75, 3.05) is 14.1 Å². The molecule has 1 atom stereocenters. The Morgan fingerprint density at radius 1 is 0.840 bits per heavy atom. The molecule has 0 saturated carbocycles. The molecule has 0 radical (unpaired) electrons. The van der Waals surface area contributed by atoms with Gasteiger partial charge in [0.2, 0.25) is 0 Å². The van der Waals surface area contributed by atoms with Crippen LogP contribution in [0.2, 0.25) is 0 Å². The quantitative estimate of drug-likeness (QED) is 0.574. The van der Waals surface area contributed by atoms with E-state index >= 15 is 0 Å². The Morgan fingerprint density at radius 3 is 2.40 bits per heavy atom. The normalized spacial score (nSPS) is 12.6. The predicted molar refractivity (Wildman–Crippen MR) is 99.0 cm³/mol. The van der Waals surface area contributed by atoms with Gasteiger partial charge in [-0.25, -0.2) is 9.67 Å². The highest BCUT2D eigenvalue weighted by Gasteiger charge is 2.21. The average Bonchev–Trinajstić information content (AvgIpc) is 3.07. The van der Waals surface area contributed by atoms with Gasteiger partial charge in [-0.1, -0.05) is 53.7 Å². The van der Waals surface area contributed by atoms with Crippen molar-refractivity contribution in [1.29, 1.82) is 0 Å². The van der Waals surface area contributed by atoms with Gasteiger partial charge in [0.05, 0.1) is 16.9 Å². The lowest BCUT2D eigenvalue weighted by Gasteiger charge is -2.24. The second kappa shape index (κ2) is 6.45. The summed E-state index contributed by atoms with van der Waals surface area (Å²) < 4.78 is 1.92. The Labute approximate surface area is 146 Å². The van der Waals surface area contributed by atoms with Crippen LogP contribution in [0.3, 0.4) is 0 Å². The topological polar surface area (TPSA) is 46.8 Å². The molecule has 0 aliphatic carbocycles.